The second-order valence-corrected chi connectivity index (χ2v) is 5.86. The molecule has 1 aliphatic heterocycles. The molecule has 1 aliphatic carbocycles. The number of nitrogens with one attached hydrogen (secondary N) is 1. The van der Waals surface area contributed by atoms with Crippen molar-refractivity contribution in [2.24, 2.45) is 0 Å². The second-order valence-electron chi connectivity index (χ2n) is 5.86. The van der Waals surface area contributed by atoms with Crippen LogP contribution in [0.4, 0.5) is 4.39 Å². The van der Waals surface area contributed by atoms with Gasteiger partial charge in [0.05, 0.1) is 18.4 Å². The summed E-state index contributed by atoms with van der Waals surface area (Å²) in [6.07, 6.45) is 3.52. The van der Waals surface area contributed by atoms with E-state index in [2.05, 4.69) is 20.1 Å². The van der Waals surface area contributed by atoms with Crippen LogP contribution in [-0.4, -0.2) is 59.5 Å². The van der Waals surface area contributed by atoms with Crippen molar-refractivity contribution in [1.29, 1.82) is 0 Å². The van der Waals surface area contributed by atoms with E-state index in [-0.39, 0.29) is 11.7 Å². The van der Waals surface area contributed by atoms with Gasteiger partial charge in [-0.3, -0.25) is 19.6 Å². The van der Waals surface area contributed by atoms with E-state index in [0.717, 1.165) is 51.3 Å². The van der Waals surface area contributed by atoms with Crippen LogP contribution < -0.4 is 5.32 Å². The third kappa shape index (κ3) is 4.47. The van der Waals surface area contributed by atoms with Crippen LogP contribution >= 0.6 is 0 Å². The normalized spacial score (nSPS) is 20.4. The summed E-state index contributed by atoms with van der Waals surface area (Å²) in [6.45, 7) is 4.84. The fourth-order valence-electron chi connectivity index (χ4n) is 2.54. The van der Waals surface area contributed by atoms with Crippen LogP contribution in [0, 0.1) is 5.82 Å². The third-order valence-electron chi connectivity index (χ3n) is 3.95. The minimum atomic E-state index is -0.301. The van der Waals surface area contributed by atoms with Crippen molar-refractivity contribution in [2.45, 2.75) is 25.4 Å². The summed E-state index contributed by atoms with van der Waals surface area (Å²) in [4.78, 5) is 20.3. The van der Waals surface area contributed by atoms with E-state index in [0.29, 0.717) is 12.6 Å². The van der Waals surface area contributed by atoms with Gasteiger partial charge in [0.1, 0.15) is 5.82 Å². The Balaban J connectivity index is 1.40. The molecule has 5 nitrogen and oxygen atoms in total. The first kappa shape index (κ1) is 14.4. The fourth-order valence-corrected chi connectivity index (χ4v) is 2.54. The van der Waals surface area contributed by atoms with Gasteiger partial charge in [-0.05, 0) is 25.0 Å². The van der Waals surface area contributed by atoms with E-state index >= 15 is 0 Å². The molecule has 1 aromatic rings. The highest BCUT2D eigenvalue weighted by Gasteiger charge is 2.25. The predicted molar refractivity (Wildman–Crippen MR) is 77.1 cm³/mol. The van der Waals surface area contributed by atoms with Gasteiger partial charge in [-0.2, -0.15) is 0 Å². The number of amides is 1. The number of halogens is 1. The van der Waals surface area contributed by atoms with E-state index in [4.69, 9.17) is 0 Å². The second kappa shape index (κ2) is 6.49. The summed E-state index contributed by atoms with van der Waals surface area (Å²) >= 11 is 0. The van der Waals surface area contributed by atoms with E-state index in [1.165, 1.54) is 12.3 Å². The quantitative estimate of drug-likeness (QED) is 0.864. The first-order valence-electron chi connectivity index (χ1n) is 7.53. The number of carbonyl (C=O) groups excluding carboxylic acids is 1. The highest BCUT2D eigenvalue weighted by atomic mass is 19.1. The first-order valence-corrected chi connectivity index (χ1v) is 7.53. The molecule has 6 heteroatoms. The molecule has 0 atom stereocenters. The Kier molecular flexibility index (Phi) is 4.45. The molecule has 2 aliphatic rings. The SMILES string of the molecule is O=C(CN1CCN(Cc2ccc(F)cn2)CC1)NC1CC1. The number of pyridine rings is 1. The summed E-state index contributed by atoms with van der Waals surface area (Å²) in [5.74, 6) is -0.156. The van der Waals surface area contributed by atoms with Crippen LogP contribution in [0.5, 0.6) is 0 Å². The molecule has 0 radical (unpaired) electrons. The topological polar surface area (TPSA) is 48.5 Å². The maximum atomic E-state index is 12.8. The third-order valence-corrected chi connectivity index (χ3v) is 3.95. The number of aromatic nitrogens is 1. The van der Waals surface area contributed by atoms with Crippen LogP contribution in [-0.2, 0) is 11.3 Å². The largest absolute Gasteiger partial charge is 0.352 e. The monoisotopic (exact) mass is 292 g/mol. The summed E-state index contributed by atoms with van der Waals surface area (Å²) in [5.41, 5.74) is 0.885. The lowest BCUT2D eigenvalue weighted by Crippen LogP contribution is -2.49. The minimum Gasteiger partial charge on any atom is -0.352 e. The Morgan fingerprint density at radius 3 is 2.57 bits per heavy atom. The van der Waals surface area contributed by atoms with Crippen molar-refractivity contribution in [3.63, 3.8) is 0 Å². The smallest absolute Gasteiger partial charge is 0.234 e. The van der Waals surface area contributed by atoms with Crippen LogP contribution in [0.15, 0.2) is 18.3 Å². The molecule has 3 rings (SSSR count). The Bertz CT molecular complexity index is 481. The van der Waals surface area contributed by atoms with E-state index in [1.54, 1.807) is 6.07 Å². The van der Waals surface area contributed by atoms with Gasteiger partial charge in [0.2, 0.25) is 5.91 Å². The van der Waals surface area contributed by atoms with Gasteiger partial charge in [0.15, 0.2) is 0 Å². The fraction of sp³-hybridized carbons (Fsp3) is 0.600. The van der Waals surface area contributed by atoms with Crippen molar-refractivity contribution < 1.29 is 9.18 Å². The van der Waals surface area contributed by atoms with Gasteiger partial charge in [-0.25, -0.2) is 4.39 Å². The maximum absolute atomic E-state index is 12.8. The summed E-state index contributed by atoms with van der Waals surface area (Å²) in [7, 11) is 0. The molecule has 0 spiro atoms. The van der Waals surface area contributed by atoms with Crippen LogP contribution in [0.25, 0.3) is 0 Å². The van der Waals surface area contributed by atoms with Crippen molar-refractivity contribution in [2.75, 3.05) is 32.7 Å². The number of hydrogen-bond acceptors (Lipinski definition) is 4. The summed E-state index contributed by atoms with van der Waals surface area (Å²) in [5, 5.41) is 3.02. The summed E-state index contributed by atoms with van der Waals surface area (Å²) in [6, 6.07) is 3.61. The van der Waals surface area contributed by atoms with Crippen molar-refractivity contribution in [1.82, 2.24) is 20.1 Å². The molecule has 1 saturated heterocycles. The Morgan fingerprint density at radius 2 is 1.95 bits per heavy atom. The first-order chi connectivity index (χ1) is 10.2. The number of carbonyl (C=O) groups is 1. The molecule has 0 bridgehead atoms. The minimum absolute atomic E-state index is 0.145. The van der Waals surface area contributed by atoms with Crippen molar-refractivity contribution >= 4 is 5.91 Å². The number of hydrogen-bond donors (Lipinski definition) is 1. The standard InChI is InChI=1S/C15H21FN4O/c16-12-1-2-14(17-9-12)10-19-5-7-20(8-6-19)11-15(21)18-13-3-4-13/h1-2,9,13H,3-8,10-11H2,(H,18,21). The maximum Gasteiger partial charge on any atom is 0.234 e. The van der Waals surface area contributed by atoms with Crippen molar-refractivity contribution in [3.8, 4) is 0 Å². The summed E-state index contributed by atoms with van der Waals surface area (Å²) < 4.78 is 12.8. The van der Waals surface area contributed by atoms with E-state index < -0.39 is 0 Å². The molecule has 1 saturated carbocycles. The molecule has 114 valence electrons. The molecule has 0 aromatic carbocycles. The van der Waals surface area contributed by atoms with Gasteiger partial charge >= 0.3 is 0 Å². The van der Waals surface area contributed by atoms with Gasteiger partial charge in [0, 0.05) is 38.8 Å². The van der Waals surface area contributed by atoms with Crippen molar-refractivity contribution in [3.05, 3.63) is 29.8 Å². The molecule has 2 fully saturated rings. The highest BCUT2D eigenvalue weighted by Crippen LogP contribution is 2.18. The molecule has 1 amide bonds. The Hall–Kier alpha value is -1.53. The van der Waals surface area contributed by atoms with Crippen LogP contribution in [0.3, 0.4) is 0 Å². The highest BCUT2D eigenvalue weighted by molar-refractivity contribution is 5.78. The number of nitrogens with zero attached hydrogens (tertiary/aromatic N) is 3. The zero-order valence-electron chi connectivity index (χ0n) is 12.1. The van der Waals surface area contributed by atoms with E-state index in [9.17, 15) is 9.18 Å². The van der Waals surface area contributed by atoms with Crippen LogP contribution in [0.2, 0.25) is 0 Å². The molecule has 21 heavy (non-hydrogen) atoms. The lowest BCUT2D eigenvalue weighted by molar-refractivity contribution is -0.122. The van der Waals surface area contributed by atoms with Gasteiger partial charge in [-0.15, -0.1) is 0 Å². The number of piperazine rings is 1. The zero-order valence-corrected chi connectivity index (χ0v) is 12.1. The lowest BCUT2D eigenvalue weighted by atomic mass is 10.2. The average Bonchev–Trinajstić information content (AvgIpc) is 3.27. The Morgan fingerprint density at radius 1 is 1.24 bits per heavy atom. The molecule has 0 unspecified atom stereocenters. The van der Waals surface area contributed by atoms with Gasteiger partial charge in [-0.1, -0.05) is 0 Å². The van der Waals surface area contributed by atoms with E-state index in [1.807, 2.05) is 0 Å². The molecular weight excluding hydrogens is 271 g/mol. The van der Waals surface area contributed by atoms with Gasteiger partial charge in [0.25, 0.3) is 0 Å². The average molecular weight is 292 g/mol. The molecule has 1 aromatic heterocycles. The lowest BCUT2D eigenvalue weighted by Gasteiger charge is -2.34. The number of rotatable bonds is 5. The van der Waals surface area contributed by atoms with Gasteiger partial charge < -0.3 is 5.32 Å². The molecular formula is C15H21FN4O. The predicted octanol–water partition coefficient (Wildman–Crippen LogP) is 0.617. The Labute approximate surface area is 124 Å². The van der Waals surface area contributed by atoms with Crippen LogP contribution in [0.1, 0.15) is 18.5 Å². The zero-order chi connectivity index (χ0) is 14.7. The molecule has 1 N–H and O–H groups in total. The molecule has 2 heterocycles.